The van der Waals surface area contributed by atoms with Crippen LogP contribution in [0.5, 0.6) is 5.75 Å². The van der Waals surface area contributed by atoms with Gasteiger partial charge >= 0.3 is 5.97 Å². The average Bonchev–Trinajstić information content (AvgIpc) is 3.02. The number of methoxy groups -OCH3 is 1. The number of aromatic nitrogens is 3. The van der Waals surface area contributed by atoms with Gasteiger partial charge in [0.2, 0.25) is 0 Å². The van der Waals surface area contributed by atoms with Gasteiger partial charge < -0.3 is 15.2 Å². The molecule has 2 N–H and O–H groups in total. The molecule has 0 aromatic carbocycles. The molecule has 0 aliphatic heterocycles. The summed E-state index contributed by atoms with van der Waals surface area (Å²) in [7, 11) is 1.52. The van der Waals surface area contributed by atoms with Gasteiger partial charge in [0.25, 0.3) is 5.91 Å². The van der Waals surface area contributed by atoms with Crippen LogP contribution >= 0.6 is 27.3 Å². The average molecular weight is 375 g/mol. The van der Waals surface area contributed by atoms with Gasteiger partial charge in [-0.15, -0.1) is 16.4 Å². The number of ether oxygens (including phenoxy) is 1. The molecule has 0 spiro atoms. The number of thiophene rings is 1. The molecular formula is C11H11BrN4O4S. The molecule has 2 aromatic rings. The number of aliphatic carboxylic acids is 1. The maximum Gasteiger partial charge on any atom is 0.325 e. The summed E-state index contributed by atoms with van der Waals surface area (Å²) >= 11 is 4.56. The number of carbonyl (C=O) groups excluding carboxylic acids is 1. The Kier molecular flexibility index (Phi) is 4.91. The van der Waals surface area contributed by atoms with Gasteiger partial charge in [-0.25, -0.2) is 4.68 Å². The van der Waals surface area contributed by atoms with Gasteiger partial charge in [-0.05, 0) is 15.9 Å². The number of halogens is 1. The first-order chi connectivity index (χ1) is 9.99. The number of amides is 1. The number of nitrogens with one attached hydrogen (secondary N) is 1. The Balaban J connectivity index is 1.94. The highest BCUT2D eigenvalue weighted by molar-refractivity contribution is 9.11. The van der Waals surface area contributed by atoms with E-state index >= 15 is 0 Å². The predicted molar refractivity (Wildman–Crippen MR) is 77.4 cm³/mol. The van der Waals surface area contributed by atoms with Crippen LogP contribution in [-0.2, 0) is 17.9 Å². The van der Waals surface area contributed by atoms with Crippen molar-refractivity contribution in [3.8, 4) is 5.75 Å². The van der Waals surface area contributed by atoms with E-state index < -0.39 is 5.97 Å². The van der Waals surface area contributed by atoms with Crippen molar-refractivity contribution in [2.45, 2.75) is 13.1 Å². The first-order valence-corrected chi connectivity index (χ1v) is 7.33. The molecule has 10 heteroatoms. The van der Waals surface area contributed by atoms with Gasteiger partial charge in [0.1, 0.15) is 21.8 Å². The van der Waals surface area contributed by atoms with Crippen molar-refractivity contribution in [2.75, 3.05) is 7.11 Å². The second kappa shape index (κ2) is 6.68. The smallest absolute Gasteiger partial charge is 0.325 e. The highest BCUT2D eigenvalue weighted by Crippen LogP contribution is 2.34. The number of carbonyl (C=O) groups is 2. The molecule has 1 amide bonds. The Morgan fingerprint density at radius 3 is 2.95 bits per heavy atom. The minimum Gasteiger partial charge on any atom is -0.495 e. The minimum atomic E-state index is -1.01. The normalized spacial score (nSPS) is 10.4. The fraction of sp³-hybridized carbons (Fsp3) is 0.273. The van der Waals surface area contributed by atoms with Crippen molar-refractivity contribution in [1.29, 1.82) is 0 Å². The zero-order valence-electron chi connectivity index (χ0n) is 10.9. The van der Waals surface area contributed by atoms with Crippen LogP contribution in [0.2, 0.25) is 0 Å². The fourth-order valence-electron chi connectivity index (χ4n) is 1.50. The molecule has 0 unspecified atom stereocenters. The predicted octanol–water partition coefficient (Wildman–Crippen LogP) is 1.13. The number of carboxylic acid groups (broad SMARTS) is 1. The van der Waals surface area contributed by atoms with E-state index in [1.807, 2.05) is 0 Å². The largest absolute Gasteiger partial charge is 0.495 e. The highest BCUT2D eigenvalue weighted by Gasteiger charge is 2.14. The van der Waals surface area contributed by atoms with E-state index in [1.165, 1.54) is 29.3 Å². The Labute approximate surface area is 131 Å². The Hall–Kier alpha value is -1.94. The maximum absolute atomic E-state index is 12.0. The monoisotopic (exact) mass is 374 g/mol. The number of hydrogen-bond acceptors (Lipinski definition) is 6. The molecule has 0 atom stereocenters. The molecule has 112 valence electrons. The van der Waals surface area contributed by atoms with Gasteiger partial charge in [0, 0.05) is 6.07 Å². The first kappa shape index (κ1) is 15.4. The quantitative estimate of drug-likeness (QED) is 0.784. The summed E-state index contributed by atoms with van der Waals surface area (Å²) in [4.78, 5) is 23.0. The molecule has 0 saturated carbocycles. The van der Waals surface area contributed by atoms with Crippen LogP contribution in [0.1, 0.15) is 15.4 Å². The molecule has 2 heterocycles. The van der Waals surface area contributed by atoms with Crippen molar-refractivity contribution in [3.05, 3.63) is 26.6 Å². The van der Waals surface area contributed by atoms with Crippen molar-refractivity contribution >= 4 is 39.1 Å². The molecule has 0 fully saturated rings. The molecule has 0 radical (unpaired) electrons. The fourth-order valence-corrected chi connectivity index (χ4v) is 3.06. The summed E-state index contributed by atoms with van der Waals surface area (Å²) < 4.78 is 7.01. The van der Waals surface area contributed by atoms with Gasteiger partial charge in [0.05, 0.1) is 24.7 Å². The molecule has 0 bridgehead atoms. The van der Waals surface area contributed by atoms with Crippen molar-refractivity contribution in [1.82, 2.24) is 20.3 Å². The first-order valence-electron chi connectivity index (χ1n) is 5.72. The van der Waals surface area contributed by atoms with Gasteiger partial charge in [0.15, 0.2) is 0 Å². The lowest BCUT2D eigenvalue weighted by molar-refractivity contribution is -0.137. The molecule has 0 aliphatic carbocycles. The van der Waals surface area contributed by atoms with E-state index in [1.54, 1.807) is 6.07 Å². The zero-order valence-corrected chi connectivity index (χ0v) is 13.3. The zero-order chi connectivity index (χ0) is 15.4. The highest BCUT2D eigenvalue weighted by atomic mass is 79.9. The summed E-state index contributed by atoms with van der Waals surface area (Å²) in [6, 6.07) is 1.63. The Morgan fingerprint density at radius 1 is 1.57 bits per heavy atom. The molecule has 0 aliphatic rings. The standard InChI is InChI=1S/C11H11BrN4O4S/c1-20-7-2-8(21-10(7)12)11(19)13-3-6-4-16(15-14-6)5-9(17)18/h2,4H,3,5H2,1H3,(H,13,19)(H,17,18). The van der Waals surface area contributed by atoms with Crippen molar-refractivity contribution < 1.29 is 19.4 Å². The van der Waals surface area contributed by atoms with E-state index in [2.05, 4.69) is 31.6 Å². The summed E-state index contributed by atoms with van der Waals surface area (Å²) in [5.74, 6) is -0.680. The molecule has 8 nitrogen and oxygen atoms in total. The lowest BCUT2D eigenvalue weighted by Gasteiger charge is -1.99. The molecule has 2 aromatic heterocycles. The lowest BCUT2D eigenvalue weighted by Crippen LogP contribution is -2.22. The van der Waals surface area contributed by atoms with Gasteiger partial charge in [-0.1, -0.05) is 5.21 Å². The van der Waals surface area contributed by atoms with Crippen LogP contribution < -0.4 is 10.1 Å². The minimum absolute atomic E-state index is 0.163. The van der Waals surface area contributed by atoms with Crippen LogP contribution in [0, 0.1) is 0 Å². The number of hydrogen-bond donors (Lipinski definition) is 2. The maximum atomic E-state index is 12.0. The molecule has 0 saturated heterocycles. The van der Waals surface area contributed by atoms with Crippen LogP contribution in [-0.4, -0.2) is 39.1 Å². The van der Waals surface area contributed by atoms with E-state index in [0.717, 1.165) is 3.79 Å². The Morgan fingerprint density at radius 2 is 2.33 bits per heavy atom. The van der Waals surface area contributed by atoms with Crippen molar-refractivity contribution in [2.24, 2.45) is 0 Å². The van der Waals surface area contributed by atoms with E-state index in [0.29, 0.717) is 16.3 Å². The van der Waals surface area contributed by atoms with Gasteiger partial charge in [-0.3, -0.25) is 9.59 Å². The molecule has 2 rings (SSSR count). The second-order valence-electron chi connectivity index (χ2n) is 3.94. The number of carboxylic acids is 1. The third-order valence-corrected chi connectivity index (χ3v) is 4.19. The summed E-state index contributed by atoms with van der Waals surface area (Å²) in [5, 5.41) is 18.7. The third kappa shape index (κ3) is 4.02. The van der Waals surface area contributed by atoms with Crippen LogP contribution in [0.25, 0.3) is 0 Å². The van der Waals surface area contributed by atoms with E-state index in [-0.39, 0.29) is 19.0 Å². The van der Waals surface area contributed by atoms with E-state index in [4.69, 9.17) is 9.84 Å². The summed E-state index contributed by atoms with van der Waals surface area (Å²) in [6.45, 7) is -0.105. The van der Waals surface area contributed by atoms with E-state index in [9.17, 15) is 9.59 Å². The third-order valence-electron chi connectivity index (χ3n) is 2.41. The Bertz CT molecular complexity index is 669. The summed E-state index contributed by atoms with van der Waals surface area (Å²) in [6.07, 6.45) is 1.47. The number of nitrogens with zero attached hydrogens (tertiary/aromatic N) is 3. The van der Waals surface area contributed by atoms with Crippen molar-refractivity contribution in [3.63, 3.8) is 0 Å². The van der Waals surface area contributed by atoms with Gasteiger partial charge in [-0.2, -0.15) is 0 Å². The van der Waals surface area contributed by atoms with Crippen LogP contribution in [0.4, 0.5) is 0 Å². The lowest BCUT2D eigenvalue weighted by atomic mass is 10.4. The molecule has 21 heavy (non-hydrogen) atoms. The topological polar surface area (TPSA) is 106 Å². The second-order valence-corrected chi connectivity index (χ2v) is 6.31. The number of rotatable bonds is 6. The summed E-state index contributed by atoms with van der Waals surface area (Å²) in [5.41, 5.74) is 0.479. The SMILES string of the molecule is COc1cc(C(=O)NCc2cn(CC(=O)O)nn2)sc1Br. The molecular weight excluding hydrogens is 364 g/mol. The van der Waals surface area contributed by atoms with Crippen LogP contribution in [0.15, 0.2) is 16.0 Å². The van der Waals surface area contributed by atoms with Crippen LogP contribution in [0.3, 0.4) is 0 Å².